The van der Waals surface area contributed by atoms with Gasteiger partial charge in [-0.1, -0.05) is 18.2 Å². The molecule has 1 aromatic carbocycles. The van der Waals surface area contributed by atoms with Crippen LogP contribution in [0.5, 0.6) is 0 Å². The van der Waals surface area contributed by atoms with Gasteiger partial charge in [0.25, 0.3) is 0 Å². The molecule has 2 aliphatic rings. The molecule has 0 saturated heterocycles. The van der Waals surface area contributed by atoms with Crippen LogP contribution in [-0.2, 0) is 0 Å². The number of anilines is 1. The average Bonchev–Trinajstić information content (AvgIpc) is 2.99. The number of rotatable bonds is 3. The molecule has 2 nitrogen and oxygen atoms in total. The molecule has 2 bridgehead atoms. The van der Waals surface area contributed by atoms with E-state index in [1.807, 2.05) is 24.3 Å². The Morgan fingerprint density at radius 1 is 1.29 bits per heavy atom. The van der Waals surface area contributed by atoms with Crippen molar-refractivity contribution in [1.82, 2.24) is 0 Å². The molecule has 2 heteroatoms. The maximum absolute atomic E-state index is 8.84. The Labute approximate surface area is 102 Å². The zero-order valence-electron chi connectivity index (χ0n) is 9.76. The monoisotopic (exact) mass is 224 g/mol. The maximum atomic E-state index is 8.84. The second kappa shape index (κ2) is 4.25. The molecule has 3 atom stereocenters. The van der Waals surface area contributed by atoms with Crippen LogP contribution in [0, 0.1) is 29.1 Å². The Morgan fingerprint density at radius 2 is 2.24 bits per heavy atom. The first-order valence-electron chi connectivity index (χ1n) is 6.27. The van der Waals surface area contributed by atoms with Crippen LogP contribution >= 0.6 is 0 Å². The van der Waals surface area contributed by atoms with Crippen LogP contribution in [0.4, 0.5) is 5.69 Å². The molecule has 86 valence electrons. The molecule has 3 rings (SSSR count). The van der Waals surface area contributed by atoms with Gasteiger partial charge >= 0.3 is 0 Å². The molecule has 17 heavy (non-hydrogen) atoms. The van der Waals surface area contributed by atoms with Crippen LogP contribution in [0.25, 0.3) is 0 Å². The van der Waals surface area contributed by atoms with E-state index in [1.165, 1.54) is 12.8 Å². The number of benzene rings is 1. The van der Waals surface area contributed by atoms with Crippen molar-refractivity contribution in [2.24, 2.45) is 17.8 Å². The van der Waals surface area contributed by atoms with Crippen LogP contribution in [0.3, 0.4) is 0 Å². The SMILES string of the molecule is N#Cc1cccc(NCC2CC3C=CC2C3)c1. The van der Waals surface area contributed by atoms with Crippen molar-refractivity contribution >= 4 is 5.69 Å². The summed E-state index contributed by atoms with van der Waals surface area (Å²) in [5, 5.41) is 12.3. The topological polar surface area (TPSA) is 35.8 Å². The third kappa shape index (κ3) is 2.06. The minimum absolute atomic E-state index is 0.725. The lowest BCUT2D eigenvalue weighted by Gasteiger charge is -2.19. The Balaban J connectivity index is 1.61. The number of allylic oxidation sites excluding steroid dienone is 2. The lowest BCUT2D eigenvalue weighted by Crippen LogP contribution is -2.18. The van der Waals surface area contributed by atoms with E-state index in [1.54, 1.807) is 0 Å². The van der Waals surface area contributed by atoms with Crippen LogP contribution in [0.15, 0.2) is 36.4 Å². The van der Waals surface area contributed by atoms with E-state index in [0.29, 0.717) is 0 Å². The first-order chi connectivity index (χ1) is 8.35. The number of fused-ring (bicyclic) bond motifs is 2. The van der Waals surface area contributed by atoms with Crippen LogP contribution in [-0.4, -0.2) is 6.54 Å². The summed E-state index contributed by atoms with van der Waals surface area (Å²) < 4.78 is 0. The van der Waals surface area contributed by atoms with Crippen LogP contribution < -0.4 is 5.32 Å². The van der Waals surface area contributed by atoms with E-state index in [2.05, 4.69) is 23.5 Å². The molecule has 0 heterocycles. The molecule has 0 radical (unpaired) electrons. The third-order valence-corrected chi connectivity index (χ3v) is 3.98. The van der Waals surface area contributed by atoms with Gasteiger partial charge in [-0.05, 0) is 48.8 Å². The van der Waals surface area contributed by atoms with Gasteiger partial charge in [-0.25, -0.2) is 0 Å². The molecule has 1 fully saturated rings. The first kappa shape index (κ1) is 10.4. The number of hydrogen-bond donors (Lipinski definition) is 1. The van der Waals surface area contributed by atoms with Crippen LogP contribution in [0.2, 0.25) is 0 Å². The van der Waals surface area contributed by atoms with Gasteiger partial charge in [0.1, 0.15) is 0 Å². The highest BCUT2D eigenvalue weighted by Gasteiger charge is 2.35. The lowest BCUT2D eigenvalue weighted by molar-refractivity contribution is 0.472. The van der Waals surface area contributed by atoms with Gasteiger partial charge in [-0.15, -0.1) is 0 Å². The van der Waals surface area contributed by atoms with Gasteiger partial charge in [0, 0.05) is 12.2 Å². The quantitative estimate of drug-likeness (QED) is 0.800. The van der Waals surface area contributed by atoms with Crippen molar-refractivity contribution in [2.75, 3.05) is 11.9 Å². The van der Waals surface area contributed by atoms with Gasteiger partial charge in [0.15, 0.2) is 0 Å². The van der Waals surface area contributed by atoms with E-state index >= 15 is 0 Å². The zero-order chi connectivity index (χ0) is 11.7. The molecule has 0 aromatic heterocycles. The predicted molar refractivity (Wildman–Crippen MR) is 68.5 cm³/mol. The largest absolute Gasteiger partial charge is 0.385 e. The van der Waals surface area contributed by atoms with Crippen molar-refractivity contribution in [2.45, 2.75) is 12.8 Å². The minimum Gasteiger partial charge on any atom is -0.385 e. The molecule has 1 saturated carbocycles. The molecule has 1 N–H and O–H groups in total. The second-order valence-electron chi connectivity index (χ2n) is 5.11. The van der Waals surface area contributed by atoms with Crippen molar-refractivity contribution in [3.8, 4) is 6.07 Å². The van der Waals surface area contributed by atoms with E-state index in [0.717, 1.165) is 35.5 Å². The predicted octanol–water partition coefficient (Wildman–Crippen LogP) is 3.18. The van der Waals surface area contributed by atoms with Gasteiger partial charge in [-0.3, -0.25) is 0 Å². The molecule has 1 aromatic rings. The van der Waals surface area contributed by atoms with Crippen molar-refractivity contribution in [1.29, 1.82) is 5.26 Å². The number of nitrogens with zero attached hydrogens (tertiary/aromatic N) is 1. The molecule has 3 unspecified atom stereocenters. The van der Waals surface area contributed by atoms with Crippen LogP contribution in [0.1, 0.15) is 18.4 Å². The fourth-order valence-corrected chi connectivity index (χ4v) is 3.08. The Kier molecular flexibility index (Phi) is 2.60. The normalized spacial score (nSPS) is 29.2. The van der Waals surface area contributed by atoms with Gasteiger partial charge in [0.2, 0.25) is 0 Å². The maximum Gasteiger partial charge on any atom is 0.0992 e. The summed E-state index contributed by atoms with van der Waals surface area (Å²) in [5.41, 5.74) is 1.79. The molecule has 0 spiro atoms. The van der Waals surface area contributed by atoms with Crippen molar-refractivity contribution < 1.29 is 0 Å². The molecular weight excluding hydrogens is 208 g/mol. The van der Waals surface area contributed by atoms with Gasteiger partial charge in [-0.2, -0.15) is 5.26 Å². The van der Waals surface area contributed by atoms with E-state index in [4.69, 9.17) is 5.26 Å². The fraction of sp³-hybridized carbons (Fsp3) is 0.400. The number of hydrogen-bond acceptors (Lipinski definition) is 2. The molecule has 2 aliphatic carbocycles. The number of nitrogens with one attached hydrogen (secondary N) is 1. The third-order valence-electron chi connectivity index (χ3n) is 3.98. The smallest absolute Gasteiger partial charge is 0.0992 e. The summed E-state index contributed by atoms with van der Waals surface area (Å²) in [6.07, 6.45) is 7.43. The summed E-state index contributed by atoms with van der Waals surface area (Å²) in [6, 6.07) is 9.89. The summed E-state index contributed by atoms with van der Waals surface area (Å²) >= 11 is 0. The van der Waals surface area contributed by atoms with E-state index < -0.39 is 0 Å². The van der Waals surface area contributed by atoms with E-state index in [9.17, 15) is 0 Å². The average molecular weight is 224 g/mol. The second-order valence-corrected chi connectivity index (χ2v) is 5.11. The Morgan fingerprint density at radius 3 is 2.94 bits per heavy atom. The Hall–Kier alpha value is -1.75. The minimum atomic E-state index is 0.725. The summed E-state index contributed by atoms with van der Waals surface area (Å²) in [4.78, 5) is 0. The number of nitriles is 1. The first-order valence-corrected chi connectivity index (χ1v) is 6.27. The summed E-state index contributed by atoms with van der Waals surface area (Å²) in [6.45, 7) is 1.03. The highest BCUT2D eigenvalue weighted by Crippen LogP contribution is 2.43. The standard InChI is InChI=1S/C15H16N2/c16-9-12-2-1-3-15(8-12)17-10-14-7-11-4-5-13(14)6-11/h1-5,8,11,13-14,17H,6-7,10H2. The summed E-state index contributed by atoms with van der Waals surface area (Å²) in [7, 11) is 0. The zero-order valence-corrected chi connectivity index (χ0v) is 9.76. The molecule has 0 amide bonds. The lowest BCUT2D eigenvalue weighted by atomic mass is 9.93. The summed E-state index contributed by atoms with van der Waals surface area (Å²) in [5.74, 6) is 2.39. The van der Waals surface area contributed by atoms with Gasteiger partial charge < -0.3 is 5.32 Å². The van der Waals surface area contributed by atoms with Crippen molar-refractivity contribution in [3.05, 3.63) is 42.0 Å². The van der Waals surface area contributed by atoms with Crippen molar-refractivity contribution in [3.63, 3.8) is 0 Å². The highest BCUT2D eigenvalue weighted by atomic mass is 14.9. The van der Waals surface area contributed by atoms with Gasteiger partial charge in [0.05, 0.1) is 11.6 Å². The molecule has 0 aliphatic heterocycles. The molecular formula is C15H16N2. The Bertz CT molecular complexity index is 484. The van der Waals surface area contributed by atoms with E-state index in [-0.39, 0.29) is 0 Å². The fourth-order valence-electron chi connectivity index (χ4n) is 3.08. The highest BCUT2D eigenvalue weighted by molar-refractivity contribution is 5.49.